The summed E-state index contributed by atoms with van der Waals surface area (Å²) in [5.74, 6) is -0.274. The number of hydrogen-bond acceptors (Lipinski definition) is 5. The number of hydrogen-bond donors (Lipinski definition) is 1. The number of amides is 1. The quantitative estimate of drug-likeness (QED) is 0.361. The van der Waals surface area contributed by atoms with Gasteiger partial charge in [-0.25, -0.2) is 4.79 Å². The van der Waals surface area contributed by atoms with Crippen LogP contribution in [0.2, 0.25) is 0 Å². The summed E-state index contributed by atoms with van der Waals surface area (Å²) < 4.78 is 9.94. The fourth-order valence-electron chi connectivity index (χ4n) is 2.00. The molecule has 1 N–H and O–H groups in total. The lowest BCUT2D eigenvalue weighted by molar-refractivity contribution is -0.122. The van der Waals surface area contributed by atoms with Gasteiger partial charge < -0.3 is 14.8 Å². The Morgan fingerprint density at radius 3 is 2.52 bits per heavy atom. The monoisotopic (exact) mass is 321 g/mol. The molecule has 1 amide bonds. The molecule has 1 aromatic carbocycles. The molecule has 23 heavy (non-hydrogen) atoms. The van der Waals surface area contributed by atoms with E-state index in [9.17, 15) is 14.4 Å². The molecule has 126 valence electrons. The van der Waals surface area contributed by atoms with Gasteiger partial charge in [0.2, 0.25) is 6.41 Å². The SMILES string of the molecule is COCC(=O)CCCCCOC(=O)c1ccc(CNC=O)cc1. The van der Waals surface area contributed by atoms with Crippen LogP contribution in [0.25, 0.3) is 0 Å². The topological polar surface area (TPSA) is 81.7 Å². The van der Waals surface area contributed by atoms with Crippen molar-refractivity contribution < 1.29 is 23.9 Å². The Labute approximate surface area is 136 Å². The van der Waals surface area contributed by atoms with E-state index in [1.807, 2.05) is 0 Å². The number of benzene rings is 1. The fraction of sp³-hybridized carbons (Fsp3) is 0.471. The zero-order chi connectivity index (χ0) is 16.9. The molecule has 0 bridgehead atoms. The number of esters is 1. The van der Waals surface area contributed by atoms with E-state index in [0.717, 1.165) is 24.8 Å². The third-order valence-electron chi connectivity index (χ3n) is 3.22. The highest BCUT2D eigenvalue weighted by Crippen LogP contribution is 2.07. The predicted octanol–water partition coefficient (Wildman–Crippen LogP) is 1.87. The van der Waals surface area contributed by atoms with Crippen molar-refractivity contribution in [3.63, 3.8) is 0 Å². The van der Waals surface area contributed by atoms with Gasteiger partial charge in [0.15, 0.2) is 5.78 Å². The zero-order valence-electron chi connectivity index (χ0n) is 13.4. The van der Waals surface area contributed by atoms with Gasteiger partial charge in [-0.05, 0) is 37.0 Å². The summed E-state index contributed by atoms with van der Waals surface area (Å²) in [7, 11) is 1.50. The Kier molecular flexibility index (Phi) is 9.31. The van der Waals surface area contributed by atoms with Gasteiger partial charge in [0, 0.05) is 20.1 Å². The van der Waals surface area contributed by atoms with E-state index in [0.29, 0.717) is 31.5 Å². The van der Waals surface area contributed by atoms with Crippen LogP contribution in [-0.2, 0) is 25.6 Å². The second-order valence-corrected chi connectivity index (χ2v) is 5.11. The van der Waals surface area contributed by atoms with Gasteiger partial charge in [0.25, 0.3) is 0 Å². The van der Waals surface area contributed by atoms with Gasteiger partial charge in [0.1, 0.15) is 6.61 Å². The Balaban J connectivity index is 2.18. The molecule has 0 aliphatic carbocycles. The van der Waals surface area contributed by atoms with E-state index in [1.165, 1.54) is 7.11 Å². The molecule has 6 heteroatoms. The maximum absolute atomic E-state index is 11.8. The van der Waals surface area contributed by atoms with Gasteiger partial charge in [-0.3, -0.25) is 9.59 Å². The van der Waals surface area contributed by atoms with Gasteiger partial charge in [0.05, 0.1) is 12.2 Å². The van der Waals surface area contributed by atoms with Gasteiger partial charge in [-0.1, -0.05) is 12.1 Å². The van der Waals surface area contributed by atoms with Crippen LogP contribution in [0, 0.1) is 0 Å². The molecule has 1 aromatic rings. The Morgan fingerprint density at radius 1 is 1.13 bits per heavy atom. The highest BCUT2D eigenvalue weighted by Gasteiger charge is 2.07. The molecule has 0 unspecified atom stereocenters. The third-order valence-corrected chi connectivity index (χ3v) is 3.22. The fourth-order valence-corrected chi connectivity index (χ4v) is 2.00. The summed E-state index contributed by atoms with van der Waals surface area (Å²) in [4.78, 5) is 33.3. The van der Waals surface area contributed by atoms with Crippen molar-refractivity contribution >= 4 is 18.2 Å². The van der Waals surface area contributed by atoms with Crippen LogP contribution in [0.5, 0.6) is 0 Å². The average molecular weight is 321 g/mol. The Morgan fingerprint density at radius 2 is 1.87 bits per heavy atom. The lowest BCUT2D eigenvalue weighted by atomic mass is 10.1. The first kappa shape index (κ1) is 18.8. The molecule has 0 heterocycles. The molecular weight excluding hydrogens is 298 g/mol. The summed E-state index contributed by atoms with van der Waals surface area (Å²) >= 11 is 0. The predicted molar refractivity (Wildman–Crippen MR) is 85.0 cm³/mol. The molecule has 0 aliphatic heterocycles. The van der Waals surface area contributed by atoms with E-state index in [4.69, 9.17) is 9.47 Å². The van der Waals surface area contributed by atoms with E-state index >= 15 is 0 Å². The molecule has 0 radical (unpaired) electrons. The first-order valence-corrected chi connectivity index (χ1v) is 7.61. The van der Waals surface area contributed by atoms with Crippen LogP contribution in [-0.4, -0.2) is 38.5 Å². The molecule has 0 spiro atoms. The Bertz CT molecular complexity index is 498. The van der Waals surface area contributed by atoms with Crippen LogP contribution >= 0.6 is 0 Å². The molecule has 0 fully saturated rings. The van der Waals surface area contributed by atoms with Crippen molar-refractivity contribution in [3.8, 4) is 0 Å². The van der Waals surface area contributed by atoms with E-state index in [2.05, 4.69) is 5.32 Å². The van der Waals surface area contributed by atoms with E-state index in [1.54, 1.807) is 24.3 Å². The number of carbonyl (C=O) groups excluding carboxylic acids is 3. The van der Waals surface area contributed by atoms with Crippen LogP contribution in [0.15, 0.2) is 24.3 Å². The molecule has 0 aromatic heterocycles. The molecule has 0 saturated carbocycles. The number of unbranched alkanes of at least 4 members (excludes halogenated alkanes) is 2. The van der Waals surface area contributed by atoms with Crippen molar-refractivity contribution in [2.75, 3.05) is 20.3 Å². The molecular formula is C17H23NO5. The molecule has 0 saturated heterocycles. The number of carbonyl (C=O) groups is 3. The van der Waals surface area contributed by atoms with Gasteiger partial charge >= 0.3 is 5.97 Å². The third kappa shape index (κ3) is 8.11. The second kappa shape index (κ2) is 11.4. The number of nitrogens with one attached hydrogen (secondary N) is 1. The first-order valence-electron chi connectivity index (χ1n) is 7.61. The molecule has 6 nitrogen and oxygen atoms in total. The first-order chi connectivity index (χ1) is 11.2. The minimum absolute atomic E-state index is 0.0913. The van der Waals surface area contributed by atoms with E-state index < -0.39 is 0 Å². The van der Waals surface area contributed by atoms with Crippen LogP contribution in [0.1, 0.15) is 41.6 Å². The standard InChI is InChI=1S/C17H23NO5/c1-22-12-16(20)5-3-2-4-10-23-17(21)15-8-6-14(7-9-15)11-18-13-19/h6-9,13H,2-5,10-12H2,1H3,(H,18,19). The van der Waals surface area contributed by atoms with Crippen molar-refractivity contribution in [2.24, 2.45) is 0 Å². The van der Waals surface area contributed by atoms with Crippen molar-refractivity contribution in [3.05, 3.63) is 35.4 Å². The van der Waals surface area contributed by atoms with Crippen molar-refractivity contribution in [2.45, 2.75) is 32.2 Å². The zero-order valence-corrected chi connectivity index (χ0v) is 13.4. The van der Waals surface area contributed by atoms with E-state index in [-0.39, 0.29) is 18.4 Å². The highest BCUT2D eigenvalue weighted by atomic mass is 16.5. The Hall–Kier alpha value is -2.21. The maximum atomic E-state index is 11.8. The number of ketones is 1. The average Bonchev–Trinajstić information content (AvgIpc) is 2.56. The largest absolute Gasteiger partial charge is 0.462 e. The number of Topliss-reactive ketones (excluding diaryl/α,β-unsaturated/α-hetero) is 1. The van der Waals surface area contributed by atoms with Crippen LogP contribution in [0.3, 0.4) is 0 Å². The number of rotatable bonds is 12. The maximum Gasteiger partial charge on any atom is 0.338 e. The number of methoxy groups -OCH3 is 1. The summed E-state index contributed by atoms with van der Waals surface area (Å²) in [6.45, 7) is 0.930. The summed E-state index contributed by atoms with van der Waals surface area (Å²) in [6.07, 6.45) is 3.47. The van der Waals surface area contributed by atoms with Crippen LogP contribution in [0.4, 0.5) is 0 Å². The van der Waals surface area contributed by atoms with Crippen molar-refractivity contribution in [1.82, 2.24) is 5.32 Å². The lowest BCUT2D eigenvalue weighted by Crippen LogP contribution is -2.10. The molecule has 1 rings (SSSR count). The van der Waals surface area contributed by atoms with Gasteiger partial charge in [-0.2, -0.15) is 0 Å². The normalized spacial score (nSPS) is 10.1. The smallest absolute Gasteiger partial charge is 0.338 e. The lowest BCUT2D eigenvalue weighted by Gasteiger charge is -2.06. The minimum Gasteiger partial charge on any atom is -0.462 e. The number of ether oxygens (including phenoxy) is 2. The van der Waals surface area contributed by atoms with Crippen LogP contribution < -0.4 is 5.32 Å². The summed E-state index contributed by atoms with van der Waals surface area (Å²) in [5.41, 5.74) is 1.39. The van der Waals surface area contributed by atoms with Gasteiger partial charge in [-0.15, -0.1) is 0 Å². The summed E-state index contributed by atoms with van der Waals surface area (Å²) in [6, 6.07) is 6.89. The second-order valence-electron chi connectivity index (χ2n) is 5.11. The molecule has 0 atom stereocenters. The van der Waals surface area contributed by atoms with Crippen molar-refractivity contribution in [1.29, 1.82) is 0 Å². The minimum atomic E-state index is -0.365. The molecule has 0 aliphatic rings. The highest BCUT2D eigenvalue weighted by molar-refractivity contribution is 5.89. The summed E-state index contributed by atoms with van der Waals surface area (Å²) in [5, 5.41) is 2.55.